The normalized spacial score (nSPS) is 5.50. The average molecular weight is 156 g/mol. The van der Waals surface area contributed by atoms with Crippen molar-refractivity contribution in [3.05, 3.63) is 0 Å². The predicted molar refractivity (Wildman–Crippen MR) is 32.4 cm³/mol. The van der Waals surface area contributed by atoms with Crippen LogP contribution in [0.15, 0.2) is 0 Å². The summed E-state index contributed by atoms with van der Waals surface area (Å²) in [5, 5.41) is 0. The van der Waals surface area contributed by atoms with Crippen molar-refractivity contribution in [3.8, 4) is 0 Å². The van der Waals surface area contributed by atoms with E-state index in [0.29, 0.717) is 0 Å². The molecule has 0 aliphatic carbocycles. The van der Waals surface area contributed by atoms with Crippen molar-refractivity contribution in [2.45, 2.75) is 6.92 Å². The second-order valence-electron chi connectivity index (χ2n) is 0.445. The molecule has 0 spiro atoms. The van der Waals surface area contributed by atoms with Gasteiger partial charge in [0.05, 0.1) is 0 Å². The van der Waals surface area contributed by atoms with Crippen LogP contribution in [-0.2, 0) is 4.57 Å². The summed E-state index contributed by atoms with van der Waals surface area (Å²) in [4.78, 5) is 0. The standard InChI is InChI=1S/C2H5OP.2K.2H/c1-2-4-3;;;;/h2H2,1H3;;;;. The van der Waals surface area contributed by atoms with Crippen LogP contribution in [0.3, 0.4) is 0 Å². The average Bonchev–Trinajstić information content (AvgIpc) is 1.37. The van der Waals surface area contributed by atoms with Gasteiger partial charge < -0.3 is 0 Å². The third kappa shape index (κ3) is 15.7. The van der Waals surface area contributed by atoms with E-state index >= 15 is 0 Å². The zero-order valence-corrected chi connectivity index (χ0v) is 3.46. The Morgan fingerprint density at radius 1 is 1.50 bits per heavy atom. The molecule has 0 N–H and O–H groups in total. The van der Waals surface area contributed by atoms with Gasteiger partial charge in [0, 0.05) is 6.16 Å². The molecular weight excluding hydrogens is 149 g/mol. The zero-order chi connectivity index (χ0) is 3.41. The van der Waals surface area contributed by atoms with Crippen LogP contribution < -0.4 is 0 Å². The Bertz CT molecular complexity index is 25.5. The van der Waals surface area contributed by atoms with Crippen LogP contribution in [0.4, 0.5) is 0 Å². The Hall–Kier alpha value is 3.37. The predicted octanol–water partition coefficient (Wildman–Crippen LogP) is 0.001000. The maximum absolute atomic E-state index is 9.27. The van der Waals surface area contributed by atoms with E-state index in [1.54, 1.807) is 0 Å². The summed E-state index contributed by atoms with van der Waals surface area (Å²) in [6.07, 6.45) is 0.736. The van der Waals surface area contributed by atoms with Crippen molar-refractivity contribution in [1.82, 2.24) is 0 Å². The van der Waals surface area contributed by atoms with E-state index < -0.39 is 0 Å². The number of rotatable bonds is 1. The number of hydrogen-bond acceptors (Lipinski definition) is 1. The van der Waals surface area contributed by atoms with E-state index in [0.717, 1.165) is 6.16 Å². The molecule has 0 rings (SSSR count). The van der Waals surface area contributed by atoms with Gasteiger partial charge in [-0.25, -0.2) is 0 Å². The van der Waals surface area contributed by atoms with E-state index in [4.69, 9.17) is 0 Å². The Morgan fingerprint density at radius 2 is 1.67 bits per heavy atom. The topological polar surface area (TPSA) is 17.1 Å². The van der Waals surface area contributed by atoms with E-state index in [1.807, 2.05) is 6.92 Å². The second kappa shape index (κ2) is 15.8. The van der Waals surface area contributed by atoms with Crippen molar-refractivity contribution in [1.29, 1.82) is 0 Å². The summed E-state index contributed by atoms with van der Waals surface area (Å²) in [7, 11) is 0.248. The van der Waals surface area contributed by atoms with E-state index in [-0.39, 0.29) is 111 Å². The van der Waals surface area contributed by atoms with Crippen LogP contribution in [0.5, 0.6) is 0 Å². The molecule has 4 heteroatoms. The van der Waals surface area contributed by atoms with Gasteiger partial charge in [0.25, 0.3) is 0 Å². The Kier molecular flexibility index (Phi) is 42.5. The summed E-state index contributed by atoms with van der Waals surface area (Å²) in [5.41, 5.74) is 0. The van der Waals surface area contributed by atoms with Crippen molar-refractivity contribution in [3.63, 3.8) is 0 Å². The monoisotopic (exact) mass is 156 g/mol. The fourth-order valence-corrected chi connectivity index (χ4v) is 0. The summed E-state index contributed by atoms with van der Waals surface area (Å²) >= 11 is 0. The molecule has 0 heterocycles. The first-order valence-electron chi connectivity index (χ1n) is 1.21. The maximum atomic E-state index is 9.27. The van der Waals surface area contributed by atoms with Gasteiger partial charge in [0.15, 0.2) is 8.46 Å². The van der Waals surface area contributed by atoms with Crippen LogP contribution in [-0.4, -0.2) is 109 Å². The Morgan fingerprint density at radius 3 is 1.67 bits per heavy atom. The molecule has 0 radical (unpaired) electrons. The fraction of sp³-hybridized carbons (Fsp3) is 1.00. The fourth-order valence-electron chi connectivity index (χ4n) is 0. The molecule has 0 atom stereocenters. The minimum atomic E-state index is 0. The van der Waals surface area contributed by atoms with Gasteiger partial charge in [0.1, 0.15) is 0 Å². The molecule has 0 aromatic heterocycles. The molecule has 6 heavy (non-hydrogen) atoms. The summed E-state index contributed by atoms with van der Waals surface area (Å²) in [5.74, 6) is 0. The molecule has 0 saturated heterocycles. The molecule has 0 aliphatic rings. The Balaban J connectivity index is -0.0000000450. The molecule has 0 saturated carbocycles. The first kappa shape index (κ1) is 16.2. The van der Waals surface area contributed by atoms with Crippen LogP contribution >= 0.6 is 8.46 Å². The molecule has 0 amide bonds. The van der Waals surface area contributed by atoms with Crippen molar-refractivity contribution >= 4 is 111 Å². The van der Waals surface area contributed by atoms with Gasteiger partial charge in [0.2, 0.25) is 0 Å². The van der Waals surface area contributed by atoms with Gasteiger partial charge in [-0.05, 0) is 0 Å². The minimum absolute atomic E-state index is 0. The van der Waals surface area contributed by atoms with E-state index in [9.17, 15) is 4.57 Å². The molecule has 0 aromatic carbocycles. The van der Waals surface area contributed by atoms with Gasteiger partial charge in [-0.15, -0.1) is 0 Å². The molecule has 0 bridgehead atoms. The molecule has 0 unspecified atom stereocenters. The van der Waals surface area contributed by atoms with Crippen LogP contribution in [0, 0.1) is 0 Å². The molecular formula is C2H7K2OP. The van der Waals surface area contributed by atoms with E-state index in [1.165, 1.54) is 0 Å². The van der Waals surface area contributed by atoms with Gasteiger partial charge in [-0.2, -0.15) is 0 Å². The van der Waals surface area contributed by atoms with Crippen LogP contribution in [0.25, 0.3) is 0 Å². The van der Waals surface area contributed by atoms with E-state index in [2.05, 4.69) is 0 Å². The first-order valence-corrected chi connectivity index (χ1v) is 2.20. The summed E-state index contributed by atoms with van der Waals surface area (Å²) < 4.78 is 9.27. The summed E-state index contributed by atoms with van der Waals surface area (Å²) in [6, 6.07) is 0. The molecule has 0 aliphatic heterocycles. The van der Waals surface area contributed by atoms with Crippen molar-refractivity contribution in [2.75, 3.05) is 6.16 Å². The molecule has 1 nitrogen and oxygen atoms in total. The number of hydrogen-bond donors (Lipinski definition) is 0. The van der Waals surface area contributed by atoms with Gasteiger partial charge in [-0.3, -0.25) is 4.57 Å². The first-order chi connectivity index (χ1) is 1.91. The molecule has 28 valence electrons. The second-order valence-corrected chi connectivity index (χ2v) is 1.34. The van der Waals surface area contributed by atoms with Crippen molar-refractivity contribution in [2.24, 2.45) is 0 Å². The summed E-state index contributed by atoms with van der Waals surface area (Å²) in [6.45, 7) is 1.86. The quantitative estimate of drug-likeness (QED) is 0.386. The SMILES string of the molecule is CCP=O.[KH].[KH]. The van der Waals surface area contributed by atoms with Crippen LogP contribution in [0.1, 0.15) is 6.92 Å². The van der Waals surface area contributed by atoms with Crippen molar-refractivity contribution < 1.29 is 4.57 Å². The molecule has 0 fully saturated rings. The Labute approximate surface area is 125 Å². The third-order valence-corrected chi connectivity index (χ3v) is 0.387. The van der Waals surface area contributed by atoms with Gasteiger partial charge in [-0.1, -0.05) is 6.92 Å². The van der Waals surface area contributed by atoms with Gasteiger partial charge >= 0.3 is 103 Å². The molecule has 0 aromatic rings. The van der Waals surface area contributed by atoms with Crippen LogP contribution in [0.2, 0.25) is 0 Å². The zero-order valence-electron chi connectivity index (χ0n) is 2.56. The third-order valence-electron chi connectivity index (χ3n) is 0.129.